The largest absolute Gasteiger partial charge is 0.385 e. The fraction of sp³-hybridized carbons (Fsp3) is 0.719. The van der Waals surface area contributed by atoms with Crippen molar-refractivity contribution in [1.29, 1.82) is 0 Å². The number of benzene rings is 1. The quantitative estimate of drug-likeness (QED) is 0.280. The van der Waals surface area contributed by atoms with Gasteiger partial charge in [-0.05, 0) is 63.1 Å². The molecular weight excluding hydrogens is 474 g/mol. The highest BCUT2D eigenvalue weighted by Crippen LogP contribution is 2.35. The first-order valence-corrected chi connectivity index (χ1v) is 15.1. The number of likely N-dealkylation sites (N-methyl/N-ethyl adjacent to an activating group) is 1. The van der Waals surface area contributed by atoms with Crippen molar-refractivity contribution in [2.24, 2.45) is 17.8 Å². The van der Waals surface area contributed by atoms with E-state index in [2.05, 4.69) is 46.7 Å². The first-order chi connectivity index (χ1) is 18.7. The van der Waals surface area contributed by atoms with E-state index in [1.54, 1.807) is 7.11 Å². The topological polar surface area (TPSA) is 62.8 Å². The number of methoxy groups -OCH3 is 1. The van der Waals surface area contributed by atoms with Crippen molar-refractivity contribution < 1.29 is 14.3 Å². The lowest BCUT2D eigenvalue weighted by Gasteiger charge is -2.38. The molecule has 1 aromatic carbocycles. The Morgan fingerprint density at radius 1 is 1.08 bits per heavy atom. The van der Waals surface area contributed by atoms with Crippen molar-refractivity contribution in [1.82, 2.24) is 15.5 Å². The average molecular weight is 524 g/mol. The number of urea groups is 1. The molecule has 2 unspecified atom stereocenters. The Balaban J connectivity index is 1.43. The van der Waals surface area contributed by atoms with Gasteiger partial charge in [-0.1, -0.05) is 62.1 Å². The van der Waals surface area contributed by atoms with Crippen LogP contribution in [-0.4, -0.2) is 64.0 Å². The molecular formula is C32H49N3O3. The highest BCUT2D eigenvalue weighted by Gasteiger charge is 2.33. The minimum absolute atomic E-state index is 0.0747. The number of hydrogen-bond donors (Lipinski definition) is 2. The smallest absolute Gasteiger partial charge is 0.317 e. The normalized spacial score (nSPS) is 21.8. The maximum Gasteiger partial charge on any atom is 0.317 e. The van der Waals surface area contributed by atoms with Crippen molar-refractivity contribution in [2.75, 3.05) is 47.0 Å². The van der Waals surface area contributed by atoms with E-state index >= 15 is 0 Å². The molecule has 3 fully saturated rings. The van der Waals surface area contributed by atoms with Crippen LogP contribution in [0.15, 0.2) is 24.3 Å². The van der Waals surface area contributed by atoms with Gasteiger partial charge in [-0.2, -0.15) is 0 Å². The molecule has 2 saturated carbocycles. The van der Waals surface area contributed by atoms with Gasteiger partial charge in [0.05, 0.1) is 6.10 Å². The summed E-state index contributed by atoms with van der Waals surface area (Å²) in [7, 11) is 3.71. The highest BCUT2D eigenvalue weighted by molar-refractivity contribution is 5.74. The second kappa shape index (κ2) is 15.5. The van der Waals surface area contributed by atoms with Crippen LogP contribution in [-0.2, 0) is 9.47 Å². The summed E-state index contributed by atoms with van der Waals surface area (Å²) in [5, 5.41) is 6.69. The van der Waals surface area contributed by atoms with Crippen LogP contribution in [0.3, 0.4) is 0 Å². The van der Waals surface area contributed by atoms with Crippen molar-refractivity contribution in [2.45, 2.75) is 82.8 Å². The Bertz CT molecular complexity index is 916. The van der Waals surface area contributed by atoms with Crippen LogP contribution >= 0.6 is 0 Å². The monoisotopic (exact) mass is 523 g/mol. The number of likely N-dealkylation sites (tertiary alicyclic amines) is 1. The second-order valence-corrected chi connectivity index (χ2v) is 11.6. The number of carbonyl (C=O) groups is 1. The summed E-state index contributed by atoms with van der Waals surface area (Å²) in [4.78, 5) is 15.5. The van der Waals surface area contributed by atoms with Crippen LogP contribution < -0.4 is 10.6 Å². The molecule has 0 aromatic heterocycles. The fourth-order valence-electron chi connectivity index (χ4n) is 6.13. The van der Waals surface area contributed by atoms with Crippen molar-refractivity contribution in [3.05, 3.63) is 35.4 Å². The molecule has 0 spiro atoms. The first kappa shape index (κ1) is 28.9. The highest BCUT2D eigenvalue weighted by atomic mass is 16.5. The van der Waals surface area contributed by atoms with Gasteiger partial charge in [0.1, 0.15) is 0 Å². The number of nitrogens with one attached hydrogen (secondary N) is 2. The summed E-state index contributed by atoms with van der Waals surface area (Å²) in [5.74, 6) is 8.41. The third-order valence-corrected chi connectivity index (χ3v) is 8.34. The lowest BCUT2D eigenvalue weighted by molar-refractivity contribution is -0.0169. The van der Waals surface area contributed by atoms with E-state index in [-0.39, 0.29) is 24.1 Å². The number of amides is 2. The van der Waals surface area contributed by atoms with Crippen LogP contribution in [0.1, 0.15) is 87.9 Å². The number of piperidine rings is 1. The number of nitrogens with zero attached hydrogens (tertiary/aromatic N) is 1. The van der Waals surface area contributed by atoms with Gasteiger partial charge in [0.15, 0.2) is 0 Å². The maximum atomic E-state index is 13.5. The van der Waals surface area contributed by atoms with E-state index in [4.69, 9.17) is 9.47 Å². The molecule has 2 amide bonds. The van der Waals surface area contributed by atoms with Crippen LogP contribution in [0, 0.1) is 29.6 Å². The molecule has 6 heteroatoms. The van der Waals surface area contributed by atoms with Crippen molar-refractivity contribution in [3.8, 4) is 11.8 Å². The number of hydrogen-bond acceptors (Lipinski definition) is 4. The zero-order valence-corrected chi connectivity index (χ0v) is 23.7. The molecule has 3 atom stereocenters. The van der Waals surface area contributed by atoms with E-state index in [1.165, 1.54) is 44.9 Å². The Morgan fingerprint density at radius 3 is 2.66 bits per heavy atom. The minimum atomic E-state index is -0.0810. The number of ether oxygens (including phenoxy) is 2. The van der Waals surface area contributed by atoms with E-state index in [0.717, 1.165) is 55.8 Å². The number of carbonyl (C=O) groups excluding carboxylic acids is 1. The summed E-state index contributed by atoms with van der Waals surface area (Å²) in [6.07, 6.45) is 12.9. The van der Waals surface area contributed by atoms with Crippen LogP contribution in [0.2, 0.25) is 0 Å². The van der Waals surface area contributed by atoms with Crippen LogP contribution in [0.5, 0.6) is 0 Å². The predicted molar refractivity (Wildman–Crippen MR) is 153 cm³/mol. The third-order valence-electron chi connectivity index (χ3n) is 8.34. The van der Waals surface area contributed by atoms with E-state index in [1.807, 2.05) is 11.9 Å². The van der Waals surface area contributed by atoms with Gasteiger partial charge in [0, 0.05) is 63.4 Å². The van der Waals surface area contributed by atoms with Gasteiger partial charge in [0.25, 0.3) is 0 Å². The molecule has 6 nitrogen and oxygen atoms in total. The average Bonchev–Trinajstić information content (AvgIpc) is 3.78. The molecule has 1 aromatic rings. The molecule has 2 aliphatic carbocycles. The molecule has 1 saturated heterocycles. The zero-order chi connectivity index (χ0) is 26.6. The third kappa shape index (κ3) is 9.00. The summed E-state index contributed by atoms with van der Waals surface area (Å²) >= 11 is 0. The maximum absolute atomic E-state index is 13.5. The van der Waals surface area contributed by atoms with Crippen LogP contribution in [0.25, 0.3) is 0 Å². The molecule has 4 rings (SSSR count). The van der Waals surface area contributed by atoms with E-state index < -0.39 is 0 Å². The molecule has 2 N–H and O–H groups in total. The van der Waals surface area contributed by atoms with Gasteiger partial charge >= 0.3 is 6.03 Å². The Morgan fingerprint density at radius 2 is 1.89 bits per heavy atom. The standard InChI is InChI=1S/C32H49N3O3/c1-33-23-29(22-26-10-4-3-5-11-26)34-32(36)35-19-8-13-28(24-35)31(38-21-9-20-37-2)30-14-7-6-12-27(30)18-17-25-15-16-25/h6-7,12,14,25-26,28-29,31,33H,3-5,8-11,13,15-16,19-24H2,1-2H3,(H,34,36)/t28?,29-,31?/m0/s1. The first-order valence-electron chi connectivity index (χ1n) is 15.1. The lowest BCUT2D eigenvalue weighted by atomic mass is 9.84. The number of rotatable bonds is 12. The Labute approximate surface area is 230 Å². The summed E-state index contributed by atoms with van der Waals surface area (Å²) in [6.45, 7) is 3.65. The van der Waals surface area contributed by atoms with Gasteiger partial charge in [0.2, 0.25) is 0 Å². The molecule has 210 valence electrons. The predicted octanol–water partition coefficient (Wildman–Crippen LogP) is 5.52. The fourth-order valence-corrected chi connectivity index (χ4v) is 6.13. The van der Waals surface area contributed by atoms with Crippen molar-refractivity contribution >= 4 is 6.03 Å². The van der Waals surface area contributed by atoms with Gasteiger partial charge < -0.3 is 25.0 Å². The van der Waals surface area contributed by atoms with Crippen molar-refractivity contribution in [3.63, 3.8) is 0 Å². The Kier molecular flexibility index (Phi) is 11.8. The van der Waals surface area contributed by atoms with E-state index in [0.29, 0.717) is 25.7 Å². The second-order valence-electron chi connectivity index (χ2n) is 11.6. The molecule has 0 bridgehead atoms. The minimum Gasteiger partial charge on any atom is -0.385 e. The summed E-state index contributed by atoms with van der Waals surface area (Å²) in [6, 6.07) is 8.70. The molecule has 38 heavy (non-hydrogen) atoms. The lowest BCUT2D eigenvalue weighted by Crippen LogP contribution is -2.52. The molecule has 0 radical (unpaired) electrons. The summed E-state index contributed by atoms with van der Waals surface area (Å²) < 4.78 is 11.8. The molecule has 3 aliphatic rings. The van der Waals surface area contributed by atoms with Crippen LogP contribution in [0.4, 0.5) is 4.79 Å². The van der Waals surface area contributed by atoms with Gasteiger partial charge in [-0.15, -0.1) is 0 Å². The van der Waals surface area contributed by atoms with Gasteiger partial charge in [-0.25, -0.2) is 4.79 Å². The molecule has 1 aliphatic heterocycles. The SMILES string of the molecule is CNC[C@H](CC1CCCCC1)NC(=O)N1CCCC(C(OCCCOC)c2ccccc2C#CC2CC2)C1. The van der Waals surface area contributed by atoms with E-state index in [9.17, 15) is 4.79 Å². The van der Waals surface area contributed by atoms with Gasteiger partial charge in [-0.3, -0.25) is 0 Å². The Hall–Kier alpha value is -2.07. The zero-order valence-electron chi connectivity index (χ0n) is 23.7. The summed E-state index contributed by atoms with van der Waals surface area (Å²) in [5.41, 5.74) is 2.23. The molecule has 1 heterocycles.